The first-order valence-electron chi connectivity index (χ1n) is 7.04. The smallest absolute Gasteiger partial charge is 0.191 e. The van der Waals surface area contributed by atoms with Crippen LogP contribution >= 0.6 is 0 Å². The molecule has 0 bridgehead atoms. The second-order valence-electron chi connectivity index (χ2n) is 5.05. The van der Waals surface area contributed by atoms with Crippen LogP contribution in [0.15, 0.2) is 29.3 Å². The first-order valence-corrected chi connectivity index (χ1v) is 8.86. The van der Waals surface area contributed by atoms with E-state index in [-0.39, 0.29) is 23.4 Å². The van der Waals surface area contributed by atoms with Crippen molar-refractivity contribution in [1.29, 1.82) is 0 Å². The highest BCUT2D eigenvalue weighted by molar-refractivity contribution is 7.91. The molecule has 2 rings (SSSR count). The molecule has 8 heteroatoms. The lowest BCUT2D eigenvalue weighted by Gasteiger charge is -2.16. The number of halogens is 1. The van der Waals surface area contributed by atoms with Crippen LogP contribution in [-0.4, -0.2) is 52.1 Å². The quantitative estimate of drug-likeness (QED) is 0.469. The molecular formula is C14H20FN3O3S. The molecule has 1 unspecified atom stereocenters. The minimum absolute atomic E-state index is 0.111. The zero-order valence-corrected chi connectivity index (χ0v) is 13.2. The van der Waals surface area contributed by atoms with Crippen LogP contribution in [0.25, 0.3) is 0 Å². The zero-order chi connectivity index (χ0) is 16.0. The number of ether oxygens (including phenoxy) is 1. The van der Waals surface area contributed by atoms with Crippen molar-refractivity contribution >= 4 is 15.8 Å². The number of hydrogen-bond donors (Lipinski definition) is 2. The number of benzene rings is 1. The summed E-state index contributed by atoms with van der Waals surface area (Å²) < 4.78 is 41.2. The Morgan fingerprint density at radius 1 is 1.50 bits per heavy atom. The Morgan fingerprint density at radius 2 is 2.32 bits per heavy atom. The Morgan fingerprint density at radius 3 is 2.95 bits per heavy atom. The fraction of sp³-hybridized carbons (Fsp3) is 0.500. The Bertz CT molecular complexity index is 634. The van der Waals surface area contributed by atoms with Gasteiger partial charge < -0.3 is 15.4 Å². The summed E-state index contributed by atoms with van der Waals surface area (Å²) >= 11 is 0. The normalized spacial score (nSPS) is 20.6. The van der Waals surface area contributed by atoms with Crippen molar-refractivity contribution in [3.63, 3.8) is 0 Å². The van der Waals surface area contributed by atoms with Crippen molar-refractivity contribution in [1.82, 2.24) is 10.6 Å². The highest BCUT2D eigenvalue weighted by atomic mass is 32.2. The number of aliphatic imine (C=N–C) groups is 1. The zero-order valence-electron chi connectivity index (χ0n) is 12.4. The average molecular weight is 329 g/mol. The molecule has 22 heavy (non-hydrogen) atoms. The lowest BCUT2D eigenvalue weighted by Crippen LogP contribution is -2.45. The van der Waals surface area contributed by atoms with Gasteiger partial charge in [0, 0.05) is 19.2 Å². The molecule has 0 spiro atoms. The summed E-state index contributed by atoms with van der Waals surface area (Å²) in [6.07, 6.45) is 0.586. The highest BCUT2D eigenvalue weighted by Crippen LogP contribution is 2.12. The molecule has 1 heterocycles. The van der Waals surface area contributed by atoms with Gasteiger partial charge in [0.05, 0.1) is 18.1 Å². The maximum absolute atomic E-state index is 13.0. The third kappa shape index (κ3) is 5.18. The predicted octanol–water partition coefficient (Wildman–Crippen LogP) is 0.557. The molecule has 1 aliphatic heterocycles. The molecule has 1 fully saturated rings. The largest absolute Gasteiger partial charge is 0.492 e. The first-order chi connectivity index (χ1) is 10.5. The Labute approximate surface area is 129 Å². The van der Waals surface area contributed by atoms with Gasteiger partial charge in [-0.05, 0) is 18.6 Å². The maximum Gasteiger partial charge on any atom is 0.191 e. The van der Waals surface area contributed by atoms with Crippen LogP contribution in [0.3, 0.4) is 0 Å². The van der Waals surface area contributed by atoms with Gasteiger partial charge in [-0.25, -0.2) is 12.8 Å². The molecular weight excluding hydrogens is 309 g/mol. The van der Waals surface area contributed by atoms with Crippen LogP contribution in [0.5, 0.6) is 5.75 Å². The highest BCUT2D eigenvalue weighted by Gasteiger charge is 2.28. The standard InChI is InChI=1S/C14H20FN3O3S/c1-16-14(18-12-5-8-22(19,20)10-12)17-6-7-21-13-4-2-3-11(15)9-13/h2-4,9,12H,5-8,10H2,1H3,(H2,16,17,18). The predicted molar refractivity (Wildman–Crippen MR) is 83.5 cm³/mol. The number of sulfone groups is 1. The SMILES string of the molecule is CN=C(NCCOc1cccc(F)c1)NC1CCS(=O)(=O)C1. The van der Waals surface area contributed by atoms with Crippen LogP contribution in [0.1, 0.15) is 6.42 Å². The van der Waals surface area contributed by atoms with Crippen LogP contribution < -0.4 is 15.4 Å². The summed E-state index contributed by atoms with van der Waals surface area (Å²) in [5.41, 5.74) is 0. The fourth-order valence-corrected chi connectivity index (χ4v) is 3.87. The van der Waals surface area contributed by atoms with Gasteiger partial charge in [-0.1, -0.05) is 6.07 Å². The molecule has 2 N–H and O–H groups in total. The van der Waals surface area contributed by atoms with Crippen molar-refractivity contribution in [3.8, 4) is 5.75 Å². The van der Waals surface area contributed by atoms with Crippen molar-refractivity contribution in [3.05, 3.63) is 30.1 Å². The molecule has 6 nitrogen and oxygen atoms in total. The van der Waals surface area contributed by atoms with E-state index in [0.29, 0.717) is 31.3 Å². The second kappa shape index (κ2) is 7.44. The first kappa shape index (κ1) is 16.5. The lowest BCUT2D eigenvalue weighted by molar-refractivity contribution is 0.320. The van der Waals surface area contributed by atoms with Gasteiger partial charge in [0.2, 0.25) is 0 Å². The van der Waals surface area contributed by atoms with E-state index in [1.165, 1.54) is 12.1 Å². The van der Waals surface area contributed by atoms with E-state index in [1.807, 2.05) is 0 Å². The van der Waals surface area contributed by atoms with Gasteiger partial charge in [0.1, 0.15) is 18.2 Å². The molecule has 1 saturated heterocycles. The van der Waals surface area contributed by atoms with Crippen LogP contribution in [0.4, 0.5) is 4.39 Å². The number of guanidine groups is 1. The topological polar surface area (TPSA) is 79.8 Å². The number of nitrogens with one attached hydrogen (secondary N) is 2. The Hall–Kier alpha value is -1.83. The fourth-order valence-electron chi connectivity index (χ4n) is 2.19. The van der Waals surface area contributed by atoms with Crippen molar-refractivity contribution in [2.45, 2.75) is 12.5 Å². The number of nitrogens with zero attached hydrogens (tertiary/aromatic N) is 1. The second-order valence-corrected chi connectivity index (χ2v) is 7.28. The molecule has 0 radical (unpaired) electrons. The van der Waals surface area contributed by atoms with E-state index in [2.05, 4.69) is 15.6 Å². The maximum atomic E-state index is 13.0. The summed E-state index contributed by atoms with van der Waals surface area (Å²) in [6, 6.07) is 5.82. The monoisotopic (exact) mass is 329 g/mol. The third-order valence-electron chi connectivity index (χ3n) is 3.26. The van der Waals surface area contributed by atoms with Crippen LogP contribution in [0, 0.1) is 5.82 Å². The minimum Gasteiger partial charge on any atom is -0.492 e. The molecule has 1 aromatic carbocycles. The van der Waals surface area contributed by atoms with Crippen molar-refractivity contribution in [2.75, 3.05) is 31.7 Å². The van der Waals surface area contributed by atoms with E-state index in [9.17, 15) is 12.8 Å². The summed E-state index contributed by atoms with van der Waals surface area (Å²) in [7, 11) is -1.30. The van der Waals surface area contributed by atoms with E-state index < -0.39 is 9.84 Å². The summed E-state index contributed by atoms with van der Waals surface area (Å²) in [4.78, 5) is 4.04. The van der Waals surface area contributed by atoms with Gasteiger partial charge in [-0.2, -0.15) is 0 Å². The molecule has 1 atom stereocenters. The van der Waals surface area contributed by atoms with Gasteiger partial charge in [0.15, 0.2) is 15.8 Å². The number of rotatable bonds is 5. The Balaban J connectivity index is 1.71. The van der Waals surface area contributed by atoms with Gasteiger partial charge in [-0.15, -0.1) is 0 Å². The molecule has 1 aromatic rings. The summed E-state index contributed by atoms with van der Waals surface area (Å²) in [5, 5.41) is 6.11. The minimum atomic E-state index is -2.92. The van der Waals surface area contributed by atoms with E-state index in [0.717, 1.165) is 0 Å². The van der Waals surface area contributed by atoms with Gasteiger partial charge in [-0.3, -0.25) is 4.99 Å². The van der Waals surface area contributed by atoms with Gasteiger partial charge >= 0.3 is 0 Å². The van der Waals surface area contributed by atoms with E-state index in [4.69, 9.17) is 4.74 Å². The third-order valence-corrected chi connectivity index (χ3v) is 5.02. The molecule has 1 aliphatic rings. The summed E-state index contributed by atoms with van der Waals surface area (Å²) in [5.74, 6) is 1.000. The van der Waals surface area contributed by atoms with E-state index >= 15 is 0 Å². The molecule has 0 saturated carbocycles. The molecule has 122 valence electrons. The molecule has 0 aliphatic carbocycles. The number of hydrogen-bond acceptors (Lipinski definition) is 4. The van der Waals surface area contributed by atoms with Crippen LogP contribution in [0.2, 0.25) is 0 Å². The summed E-state index contributed by atoms with van der Waals surface area (Å²) in [6.45, 7) is 0.808. The average Bonchev–Trinajstić information content (AvgIpc) is 2.81. The lowest BCUT2D eigenvalue weighted by atomic mass is 10.3. The van der Waals surface area contributed by atoms with E-state index in [1.54, 1.807) is 19.2 Å². The Kier molecular flexibility index (Phi) is 5.59. The molecule has 0 amide bonds. The van der Waals surface area contributed by atoms with Crippen LogP contribution in [-0.2, 0) is 9.84 Å². The van der Waals surface area contributed by atoms with Crippen molar-refractivity contribution in [2.24, 2.45) is 4.99 Å². The van der Waals surface area contributed by atoms with Crippen molar-refractivity contribution < 1.29 is 17.5 Å². The molecule has 0 aromatic heterocycles. The van der Waals surface area contributed by atoms with Gasteiger partial charge in [0.25, 0.3) is 0 Å².